The van der Waals surface area contributed by atoms with Crippen molar-refractivity contribution in [3.05, 3.63) is 23.5 Å². The average molecular weight is 137 g/mol. The van der Waals surface area contributed by atoms with E-state index in [9.17, 15) is 4.79 Å². The van der Waals surface area contributed by atoms with Crippen molar-refractivity contribution in [3.8, 4) is 0 Å². The molecule has 52 valence electrons. The molecule has 0 bridgehead atoms. The van der Waals surface area contributed by atoms with Crippen molar-refractivity contribution in [1.82, 2.24) is 10.2 Å². The third kappa shape index (κ3) is 1.10. The molecule has 1 heterocycles. The predicted molar refractivity (Wildman–Crippen MR) is 35.3 cm³/mol. The Morgan fingerprint density at radius 2 is 2.10 bits per heavy atom. The molecule has 10 heavy (non-hydrogen) atoms. The molecular formula is C6H7N3O. The van der Waals surface area contributed by atoms with Gasteiger partial charge in [0.25, 0.3) is 5.91 Å². The van der Waals surface area contributed by atoms with Gasteiger partial charge in [-0.1, -0.05) is 0 Å². The largest absolute Gasteiger partial charge is 0.366 e. The highest BCUT2D eigenvalue weighted by atomic mass is 16.1. The number of rotatable bonds is 1. The summed E-state index contributed by atoms with van der Waals surface area (Å²) in [5.74, 6) is -0.465. The summed E-state index contributed by atoms with van der Waals surface area (Å²) in [4.78, 5) is 10.6. The number of carbonyl (C=O) groups excluding carboxylic acids is 1. The number of carbonyl (C=O) groups is 1. The van der Waals surface area contributed by atoms with E-state index in [0.717, 1.165) is 5.56 Å². The molecule has 0 aliphatic rings. The first-order chi connectivity index (χ1) is 4.72. The number of nitrogens with two attached hydrogens (primary N) is 1. The summed E-state index contributed by atoms with van der Waals surface area (Å²) < 4.78 is 0. The van der Waals surface area contributed by atoms with Crippen LogP contribution in [0.3, 0.4) is 0 Å². The van der Waals surface area contributed by atoms with E-state index in [2.05, 4.69) is 10.2 Å². The van der Waals surface area contributed by atoms with Crippen LogP contribution >= 0.6 is 0 Å². The van der Waals surface area contributed by atoms with Crippen molar-refractivity contribution in [3.63, 3.8) is 0 Å². The van der Waals surface area contributed by atoms with Crippen LogP contribution in [-0.2, 0) is 0 Å². The number of aryl methyl sites for hydroxylation is 1. The normalized spacial score (nSPS) is 9.30. The van der Waals surface area contributed by atoms with E-state index in [1.807, 2.05) is 0 Å². The molecule has 4 heteroatoms. The molecule has 0 saturated carbocycles. The molecule has 0 atom stereocenters. The van der Waals surface area contributed by atoms with Crippen LogP contribution in [-0.4, -0.2) is 16.1 Å². The van der Waals surface area contributed by atoms with Gasteiger partial charge in [0.15, 0.2) is 0 Å². The van der Waals surface area contributed by atoms with Gasteiger partial charge in [0.2, 0.25) is 0 Å². The van der Waals surface area contributed by atoms with E-state index >= 15 is 0 Å². The Kier molecular flexibility index (Phi) is 1.62. The molecule has 2 N–H and O–H groups in total. The molecule has 1 aromatic heterocycles. The van der Waals surface area contributed by atoms with Crippen LogP contribution in [0.5, 0.6) is 0 Å². The fourth-order valence-corrected chi connectivity index (χ4v) is 0.640. The molecule has 0 aliphatic carbocycles. The highest BCUT2D eigenvalue weighted by Gasteiger charge is 2.02. The van der Waals surface area contributed by atoms with E-state index in [1.165, 1.54) is 12.4 Å². The SMILES string of the molecule is Cc1cnncc1C(N)=O. The second-order valence-electron chi connectivity index (χ2n) is 1.95. The molecule has 0 unspecified atom stereocenters. The molecule has 1 aromatic rings. The Balaban J connectivity index is 3.15. The molecule has 1 rings (SSSR count). The van der Waals surface area contributed by atoms with Crippen LogP contribution < -0.4 is 5.73 Å². The zero-order valence-corrected chi connectivity index (χ0v) is 5.53. The Hall–Kier alpha value is -1.45. The number of nitrogens with zero attached hydrogens (tertiary/aromatic N) is 2. The summed E-state index contributed by atoms with van der Waals surface area (Å²) >= 11 is 0. The smallest absolute Gasteiger partial charge is 0.250 e. The van der Waals surface area contributed by atoms with Crippen LogP contribution in [0.1, 0.15) is 15.9 Å². The van der Waals surface area contributed by atoms with Crippen molar-refractivity contribution in [2.24, 2.45) is 5.73 Å². The van der Waals surface area contributed by atoms with Gasteiger partial charge in [-0.3, -0.25) is 4.79 Å². The Labute approximate surface area is 58.1 Å². The minimum absolute atomic E-state index is 0.426. The maximum atomic E-state index is 10.6. The van der Waals surface area contributed by atoms with Crippen molar-refractivity contribution in [1.29, 1.82) is 0 Å². The van der Waals surface area contributed by atoms with E-state index in [0.29, 0.717) is 5.56 Å². The Morgan fingerprint density at radius 1 is 1.50 bits per heavy atom. The maximum absolute atomic E-state index is 10.6. The summed E-state index contributed by atoms with van der Waals surface area (Å²) in [5, 5.41) is 7.09. The van der Waals surface area contributed by atoms with Gasteiger partial charge in [0, 0.05) is 0 Å². The van der Waals surface area contributed by atoms with Gasteiger partial charge >= 0.3 is 0 Å². The van der Waals surface area contributed by atoms with Crippen LogP contribution in [0.2, 0.25) is 0 Å². The highest BCUT2D eigenvalue weighted by molar-refractivity contribution is 5.93. The monoisotopic (exact) mass is 137 g/mol. The first-order valence-corrected chi connectivity index (χ1v) is 2.79. The molecule has 0 aromatic carbocycles. The maximum Gasteiger partial charge on any atom is 0.250 e. The van der Waals surface area contributed by atoms with E-state index < -0.39 is 5.91 Å². The first-order valence-electron chi connectivity index (χ1n) is 2.79. The zero-order valence-electron chi connectivity index (χ0n) is 5.53. The number of hydrogen-bond donors (Lipinski definition) is 1. The lowest BCUT2D eigenvalue weighted by atomic mass is 10.2. The third-order valence-electron chi connectivity index (χ3n) is 1.20. The quantitative estimate of drug-likeness (QED) is 0.586. The highest BCUT2D eigenvalue weighted by Crippen LogP contribution is 2.00. The van der Waals surface area contributed by atoms with Crippen molar-refractivity contribution >= 4 is 5.91 Å². The zero-order chi connectivity index (χ0) is 7.56. The molecule has 0 spiro atoms. The Morgan fingerprint density at radius 3 is 2.50 bits per heavy atom. The lowest BCUT2D eigenvalue weighted by Gasteiger charge is -1.95. The minimum atomic E-state index is -0.465. The van der Waals surface area contributed by atoms with E-state index in [1.54, 1.807) is 6.92 Å². The van der Waals surface area contributed by atoms with Crippen molar-refractivity contribution in [2.75, 3.05) is 0 Å². The fraction of sp³-hybridized carbons (Fsp3) is 0.167. The summed E-state index contributed by atoms with van der Waals surface area (Å²) in [5.41, 5.74) is 6.19. The van der Waals surface area contributed by atoms with Gasteiger partial charge in [-0.25, -0.2) is 0 Å². The third-order valence-corrected chi connectivity index (χ3v) is 1.20. The second kappa shape index (κ2) is 2.43. The van der Waals surface area contributed by atoms with Crippen LogP contribution in [0.4, 0.5) is 0 Å². The molecule has 1 amide bonds. The van der Waals surface area contributed by atoms with Crippen LogP contribution in [0.25, 0.3) is 0 Å². The number of amides is 1. The van der Waals surface area contributed by atoms with Gasteiger partial charge in [-0.15, -0.1) is 0 Å². The first kappa shape index (κ1) is 6.67. The summed E-state index contributed by atoms with van der Waals surface area (Å²) in [7, 11) is 0. The molecule has 0 saturated heterocycles. The fourth-order valence-electron chi connectivity index (χ4n) is 0.640. The number of hydrogen-bond acceptors (Lipinski definition) is 3. The standard InChI is InChI=1S/C6H7N3O/c1-4-2-8-9-3-5(4)6(7)10/h2-3H,1H3,(H2,7,10). The summed E-state index contributed by atoms with van der Waals surface area (Å²) in [6, 6.07) is 0. The number of aromatic nitrogens is 2. The van der Waals surface area contributed by atoms with Crippen molar-refractivity contribution < 1.29 is 4.79 Å². The lowest BCUT2D eigenvalue weighted by molar-refractivity contribution is 0.0999. The molecule has 0 radical (unpaired) electrons. The lowest BCUT2D eigenvalue weighted by Crippen LogP contribution is -2.13. The predicted octanol–water partition coefficient (Wildman–Crippen LogP) is -0.116. The second-order valence-corrected chi connectivity index (χ2v) is 1.95. The molecule has 0 aliphatic heterocycles. The Bertz CT molecular complexity index is 259. The van der Waals surface area contributed by atoms with Crippen LogP contribution in [0, 0.1) is 6.92 Å². The van der Waals surface area contributed by atoms with Crippen molar-refractivity contribution in [2.45, 2.75) is 6.92 Å². The summed E-state index contributed by atoms with van der Waals surface area (Å²) in [6.45, 7) is 1.76. The molecule has 4 nitrogen and oxygen atoms in total. The van der Waals surface area contributed by atoms with E-state index in [-0.39, 0.29) is 0 Å². The van der Waals surface area contributed by atoms with Gasteiger partial charge in [-0.05, 0) is 12.5 Å². The van der Waals surface area contributed by atoms with Crippen LogP contribution in [0.15, 0.2) is 12.4 Å². The van der Waals surface area contributed by atoms with E-state index in [4.69, 9.17) is 5.73 Å². The minimum Gasteiger partial charge on any atom is -0.366 e. The molecular weight excluding hydrogens is 130 g/mol. The van der Waals surface area contributed by atoms with Gasteiger partial charge in [-0.2, -0.15) is 10.2 Å². The summed E-state index contributed by atoms with van der Waals surface area (Å²) in [6.07, 6.45) is 2.86. The van der Waals surface area contributed by atoms with Gasteiger partial charge < -0.3 is 5.73 Å². The molecule has 0 fully saturated rings. The van der Waals surface area contributed by atoms with Gasteiger partial charge in [0.1, 0.15) is 0 Å². The number of primary amides is 1. The van der Waals surface area contributed by atoms with Gasteiger partial charge in [0.05, 0.1) is 18.0 Å². The average Bonchev–Trinajstić information content (AvgIpc) is 1.88. The topological polar surface area (TPSA) is 68.9 Å².